The van der Waals surface area contributed by atoms with Gasteiger partial charge < -0.3 is 11.1 Å². The van der Waals surface area contributed by atoms with Crippen LogP contribution in [0.4, 0.5) is 0 Å². The van der Waals surface area contributed by atoms with E-state index in [9.17, 15) is 4.79 Å². The number of halogens is 2. The number of hydrogen-bond donors (Lipinski definition) is 2. The maximum Gasteiger partial charge on any atom is 0.227 e. The van der Waals surface area contributed by atoms with Crippen LogP contribution in [0.15, 0.2) is 22.7 Å². The van der Waals surface area contributed by atoms with Crippen molar-refractivity contribution in [3.05, 3.63) is 33.3 Å². The summed E-state index contributed by atoms with van der Waals surface area (Å²) in [5.74, 6) is -0.000939. The first-order valence-corrected chi connectivity index (χ1v) is 7.58. The Hall–Kier alpha value is -0.580. The van der Waals surface area contributed by atoms with E-state index in [1.807, 2.05) is 32.0 Å². The predicted octanol–water partition coefficient (Wildman–Crippen LogP) is 3.48. The van der Waals surface area contributed by atoms with E-state index in [1.54, 1.807) is 0 Å². The van der Waals surface area contributed by atoms with Crippen molar-refractivity contribution in [2.75, 3.05) is 6.54 Å². The van der Waals surface area contributed by atoms with Crippen LogP contribution < -0.4 is 11.1 Å². The zero-order chi connectivity index (χ0) is 14.5. The highest BCUT2D eigenvalue weighted by Gasteiger charge is 2.32. The molecule has 106 valence electrons. The number of rotatable bonds is 6. The normalized spacial score (nSPS) is 11.4. The molecule has 0 aliphatic heterocycles. The summed E-state index contributed by atoms with van der Waals surface area (Å²) >= 11 is 9.48. The van der Waals surface area contributed by atoms with Gasteiger partial charge in [-0.2, -0.15) is 0 Å². The number of nitrogens with two attached hydrogens (primary N) is 1. The van der Waals surface area contributed by atoms with Crippen LogP contribution in [0.1, 0.15) is 32.3 Å². The van der Waals surface area contributed by atoms with Crippen molar-refractivity contribution in [2.45, 2.75) is 33.2 Å². The summed E-state index contributed by atoms with van der Waals surface area (Å²) in [6, 6.07) is 5.62. The second-order valence-corrected chi connectivity index (χ2v) is 5.93. The molecule has 0 aliphatic rings. The van der Waals surface area contributed by atoms with E-state index >= 15 is 0 Å². The topological polar surface area (TPSA) is 55.1 Å². The van der Waals surface area contributed by atoms with Crippen LogP contribution >= 0.6 is 27.5 Å². The molecule has 0 radical (unpaired) electrons. The largest absolute Gasteiger partial charge is 0.351 e. The minimum Gasteiger partial charge on any atom is -0.351 e. The van der Waals surface area contributed by atoms with E-state index in [-0.39, 0.29) is 5.91 Å². The van der Waals surface area contributed by atoms with E-state index in [0.717, 1.165) is 22.9 Å². The summed E-state index contributed by atoms with van der Waals surface area (Å²) in [5, 5.41) is 3.57. The Morgan fingerprint density at radius 2 is 2.05 bits per heavy atom. The molecule has 0 atom stereocenters. The first-order chi connectivity index (χ1) is 8.99. The molecule has 3 nitrogen and oxygen atoms in total. The lowest BCUT2D eigenvalue weighted by Crippen LogP contribution is -2.45. The summed E-state index contributed by atoms with van der Waals surface area (Å²) in [7, 11) is 0. The van der Waals surface area contributed by atoms with E-state index in [1.165, 1.54) is 0 Å². The Kier molecular flexibility index (Phi) is 6.30. The molecule has 0 spiro atoms. The second kappa shape index (κ2) is 7.27. The zero-order valence-corrected chi connectivity index (χ0v) is 13.6. The van der Waals surface area contributed by atoms with Crippen molar-refractivity contribution < 1.29 is 4.79 Å². The SMILES string of the molecule is CCC(CC)(CN)C(=O)NCc1ccc(Br)cc1Cl. The van der Waals surface area contributed by atoms with E-state index in [2.05, 4.69) is 21.2 Å². The summed E-state index contributed by atoms with van der Waals surface area (Å²) in [5.41, 5.74) is 6.18. The minimum atomic E-state index is -0.470. The van der Waals surface area contributed by atoms with Crippen molar-refractivity contribution in [2.24, 2.45) is 11.1 Å². The number of hydrogen-bond acceptors (Lipinski definition) is 2. The van der Waals surface area contributed by atoms with E-state index in [4.69, 9.17) is 17.3 Å². The number of benzene rings is 1. The van der Waals surface area contributed by atoms with Gasteiger partial charge in [-0.1, -0.05) is 47.4 Å². The van der Waals surface area contributed by atoms with Gasteiger partial charge in [0.1, 0.15) is 0 Å². The van der Waals surface area contributed by atoms with Crippen LogP contribution in [0.25, 0.3) is 0 Å². The average Bonchev–Trinajstić information content (AvgIpc) is 2.40. The molecule has 0 bridgehead atoms. The molecule has 0 aliphatic carbocycles. The third-order valence-electron chi connectivity index (χ3n) is 3.68. The molecule has 3 N–H and O–H groups in total. The molecule has 0 saturated carbocycles. The van der Waals surface area contributed by atoms with Gasteiger partial charge >= 0.3 is 0 Å². The summed E-state index contributed by atoms with van der Waals surface area (Å²) in [4.78, 5) is 12.3. The first-order valence-electron chi connectivity index (χ1n) is 6.41. The van der Waals surface area contributed by atoms with Crippen molar-refractivity contribution in [1.29, 1.82) is 0 Å². The lowest BCUT2D eigenvalue weighted by atomic mass is 9.81. The van der Waals surface area contributed by atoms with E-state index in [0.29, 0.717) is 18.1 Å². The van der Waals surface area contributed by atoms with Gasteiger partial charge in [0.15, 0.2) is 0 Å². The first kappa shape index (κ1) is 16.5. The summed E-state index contributed by atoms with van der Waals surface area (Å²) in [6.07, 6.45) is 1.47. The third-order valence-corrected chi connectivity index (χ3v) is 4.53. The Morgan fingerprint density at radius 1 is 1.42 bits per heavy atom. The molecular formula is C14H20BrClN2O. The maximum atomic E-state index is 12.3. The van der Waals surface area contributed by atoms with Crippen LogP contribution in [0.5, 0.6) is 0 Å². The number of amides is 1. The van der Waals surface area contributed by atoms with Crippen LogP contribution in [-0.2, 0) is 11.3 Å². The highest BCUT2D eigenvalue weighted by molar-refractivity contribution is 9.10. The molecule has 1 aromatic carbocycles. The lowest BCUT2D eigenvalue weighted by Gasteiger charge is -2.28. The standard InChI is InChI=1S/C14H20BrClN2O/c1-3-14(4-2,9-17)13(19)18-8-10-5-6-11(15)7-12(10)16/h5-7H,3-4,8-9,17H2,1-2H3,(H,18,19). The molecule has 0 aromatic heterocycles. The smallest absolute Gasteiger partial charge is 0.227 e. The highest BCUT2D eigenvalue weighted by atomic mass is 79.9. The molecule has 1 aromatic rings. The molecule has 1 rings (SSSR count). The van der Waals surface area contributed by atoms with Crippen molar-refractivity contribution in [3.8, 4) is 0 Å². The van der Waals surface area contributed by atoms with Gasteiger partial charge in [-0.05, 0) is 30.5 Å². The monoisotopic (exact) mass is 346 g/mol. The van der Waals surface area contributed by atoms with Gasteiger partial charge in [-0.25, -0.2) is 0 Å². The van der Waals surface area contributed by atoms with Gasteiger partial charge in [0.05, 0.1) is 5.41 Å². The molecule has 1 amide bonds. The Labute approximate surface area is 128 Å². The van der Waals surface area contributed by atoms with Gasteiger partial charge in [0, 0.05) is 22.6 Å². The zero-order valence-electron chi connectivity index (χ0n) is 11.3. The minimum absolute atomic E-state index is 0.000939. The molecule has 0 fully saturated rings. The number of carbonyl (C=O) groups excluding carboxylic acids is 1. The Morgan fingerprint density at radius 3 is 2.53 bits per heavy atom. The number of carbonyl (C=O) groups is 1. The van der Waals surface area contributed by atoms with Crippen LogP contribution in [-0.4, -0.2) is 12.5 Å². The van der Waals surface area contributed by atoms with Crippen LogP contribution in [0.3, 0.4) is 0 Å². The fraction of sp³-hybridized carbons (Fsp3) is 0.500. The molecule has 19 heavy (non-hydrogen) atoms. The molecule has 0 heterocycles. The summed E-state index contributed by atoms with van der Waals surface area (Å²) < 4.78 is 0.922. The van der Waals surface area contributed by atoms with Crippen molar-refractivity contribution >= 4 is 33.4 Å². The number of nitrogens with one attached hydrogen (secondary N) is 1. The summed E-state index contributed by atoms with van der Waals surface area (Å²) in [6.45, 7) is 4.76. The molecule has 5 heteroatoms. The second-order valence-electron chi connectivity index (χ2n) is 4.61. The highest BCUT2D eigenvalue weighted by Crippen LogP contribution is 2.26. The van der Waals surface area contributed by atoms with Gasteiger partial charge in [-0.3, -0.25) is 4.79 Å². The predicted molar refractivity (Wildman–Crippen MR) is 83.1 cm³/mol. The maximum absolute atomic E-state index is 12.3. The molecular weight excluding hydrogens is 328 g/mol. The van der Waals surface area contributed by atoms with Gasteiger partial charge in [0.2, 0.25) is 5.91 Å². The van der Waals surface area contributed by atoms with Crippen LogP contribution in [0.2, 0.25) is 5.02 Å². The van der Waals surface area contributed by atoms with Crippen molar-refractivity contribution in [3.63, 3.8) is 0 Å². The Balaban J connectivity index is 2.73. The average molecular weight is 348 g/mol. The van der Waals surface area contributed by atoms with Crippen molar-refractivity contribution in [1.82, 2.24) is 5.32 Å². The quantitative estimate of drug-likeness (QED) is 0.827. The van der Waals surface area contributed by atoms with Crippen LogP contribution in [0, 0.1) is 5.41 Å². The Bertz CT molecular complexity index is 439. The van der Waals surface area contributed by atoms with E-state index < -0.39 is 5.41 Å². The third kappa shape index (κ3) is 3.94. The fourth-order valence-corrected chi connectivity index (χ4v) is 2.72. The lowest BCUT2D eigenvalue weighted by molar-refractivity contribution is -0.131. The molecule has 0 saturated heterocycles. The van der Waals surface area contributed by atoms with Gasteiger partial charge in [-0.15, -0.1) is 0 Å². The fourth-order valence-electron chi connectivity index (χ4n) is 1.98. The van der Waals surface area contributed by atoms with Gasteiger partial charge in [0.25, 0.3) is 0 Å². The molecule has 0 unspecified atom stereocenters.